The Morgan fingerprint density at radius 1 is 1.25 bits per heavy atom. The summed E-state index contributed by atoms with van der Waals surface area (Å²) >= 11 is 6.23. The number of allylic oxidation sites excluding steroid dienone is 1. The lowest BCUT2D eigenvalue weighted by Gasteiger charge is -2.21. The van der Waals surface area contributed by atoms with Gasteiger partial charge in [0.1, 0.15) is 11.3 Å². The molecule has 2 heterocycles. The van der Waals surface area contributed by atoms with Crippen molar-refractivity contribution in [1.29, 1.82) is 0 Å². The van der Waals surface area contributed by atoms with Crippen molar-refractivity contribution < 1.29 is 22.6 Å². The number of alkyl halides is 3. The van der Waals surface area contributed by atoms with Gasteiger partial charge in [-0.1, -0.05) is 23.7 Å². The van der Waals surface area contributed by atoms with E-state index in [0.717, 1.165) is 18.9 Å². The summed E-state index contributed by atoms with van der Waals surface area (Å²) in [4.78, 5) is 14.4. The van der Waals surface area contributed by atoms with Gasteiger partial charge in [0, 0.05) is 24.5 Å². The summed E-state index contributed by atoms with van der Waals surface area (Å²) in [6.45, 7) is 1.22. The molecule has 1 saturated heterocycles. The molecule has 0 bridgehead atoms. The van der Waals surface area contributed by atoms with Gasteiger partial charge < -0.3 is 14.5 Å². The summed E-state index contributed by atoms with van der Waals surface area (Å²) in [7, 11) is 1.49. The SMILES string of the molecule is COc1ccc(/C(=C\C2CCOCC2)c2ccc(C(F)(F)F)c(=O)[nH]2)cc1Cl. The second-order valence-electron chi connectivity index (χ2n) is 6.49. The highest BCUT2D eigenvalue weighted by molar-refractivity contribution is 6.32. The van der Waals surface area contributed by atoms with Crippen LogP contribution < -0.4 is 10.3 Å². The molecule has 150 valence electrons. The topological polar surface area (TPSA) is 51.3 Å². The minimum absolute atomic E-state index is 0.176. The third kappa shape index (κ3) is 4.59. The third-order valence-corrected chi connectivity index (χ3v) is 4.93. The number of aromatic nitrogens is 1. The smallest absolute Gasteiger partial charge is 0.421 e. The van der Waals surface area contributed by atoms with E-state index in [2.05, 4.69) is 4.98 Å². The first-order valence-electron chi connectivity index (χ1n) is 8.74. The number of ether oxygens (including phenoxy) is 2. The zero-order chi connectivity index (χ0) is 20.3. The fourth-order valence-corrected chi connectivity index (χ4v) is 3.41. The maximum atomic E-state index is 12.9. The van der Waals surface area contributed by atoms with E-state index in [1.165, 1.54) is 13.2 Å². The van der Waals surface area contributed by atoms with E-state index in [9.17, 15) is 18.0 Å². The minimum Gasteiger partial charge on any atom is -0.495 e. The molecule has 1 aromatic carbocycles. The average Bonchev–Trinajstić information content (AvgIpc) is 2.66. The van der Waals surface area contributed by atoms with Gasteiger partial charge in [-0.2, -0.15) is 13.2 Å². The Morgan fingerprint density at radius 2 is 1.96 bits per heavy atom. The fraction of sp³-hybridized carbons (Fsp3) is 0.350. The van der Waals surface area contributed by atoms with Crippen LogP contribution in [-0.4, -0.2) is 25.3 Å². The van der Waals surface area contributed by atoms with Crippen LogP contribution in [0.5, 0.6) is 5.75 Å². The first-order valence-corrected chi connectivity index (χ1v) is 9.11. The Balaban J connectivity index is 2.09. The molecule has 0 amide bonds. The second-order valence-corrected chi connectivity index (χ2v) is 6.90. The molecule has 3 rings (SSSR count). The van der Waals surface area contributed by atoms with E-state index in [4.69, 9.17) is 21.1 Å². The quantitative estimate of drug-likeness (QED) is 0.774. The number of H-pyrrole nitrogens is 1. The van der Waals surface area contributed by atoms with Gasteiger partial charge in [-0.3, -0.25) is 4.79 Å². The van der Waals surface area contributed by atoms with Gasteiger partial charge in [-0.05, 0) is 48.6 Å². The number of hydrogen-bond donors (Lipinski definition) is 1. The summed E-state index contributed by atoms with van der Waals surface area (Å²) in [6.07, 6.45) is -1.17. The second kappa shape index (κ2) is 8.41. The Hall–Kier alpha value is -2.25. The van der Waals surface area contributed by atoms with Gasteiger partial charge in [-0.15, -0.1) is 0 Å². The molecule has 0 aliphatic carbocycles. The molecule has 8 heteroatoms. The molecule has 0 spiro atoms. The van der Waals surface area contributed by atoms with Crippen LogP contribution in [0.3, 0.4) is 0 Å². The van der Waals surface area contributed by atoms with Crippen molar-refractivity contribution in [1.82, 2.24) is 4.98 Å². The van der Waals surface area contributed by atoms with Crippen molar-refractivity contribution in [2.45, 2.75) is 19.0 Å². The van der Waals surface area contributed by atoms with Gasteiger partial charge >= 0.3 is 6.18 Å². The van der Waals surface area contributed by atoms with E-state index in [1.807, 2.05) is 6.08 Å². The molecule has 1 aliphatic heterocycles. The van der Waals surface area contributed by atoms with Gasteiger partial charge in [0.2, 0.25) is 0 Å². The molecule has 1 aromatic heterocycles. The van der Waals surface area contributed by atoms with Gasteiger partial charge in [0.15, 0.2) is 0 Å². The molecule has 0 saturated carbocycles. The van der Waals surface area contributed by atoms with Crippen LogP contribution in [-0.2, 0) is 10.9 Å². The van der Waals surface area contributed by atoms with Crippen molar-refractivity contribution >= 4 is 17.2 Å². The fourth-order valence-electron chi connectivity index (χ4n) is 3.15. The van der Waals surface area contributed by atoms with Crippen LogP contribution in [0.15, 0.2) is 41.2 Å². The van der Waals surface area contributed by atoms with Crippen LogP contribution in [0, 0.1) is 5.92 Å². The Bertz CT molecular complexity index is 931. The summed E-state index contributed by atoms with van der Waals surface area (Å²) in [5.41, 5.74) is -0.822. The number of hydrogen-bond acceptors (Lipinski definition) is 3. The summed E-state index contributed by atoms with van der Waals surface area (Å²) in [6, 6.07) is 7.18. The molecule has 2 aromatic rings. The number of methoxy groups -OCH3 is 1. The Morgan fingerprint density at radius 3 is 2.54 bits per heavy atom. The van der Waals surface area contributed by atoms with E-state index < -0.39 is 17.3 Å². The van der Waals surface area contributed by atoms with E-state index in [1.54, 1.807) is 18.2 Å². The first-order chi connectivity index (χ1) is 13.3. The molecule has 0 unspecified atom stereocenters. The molecule has 1 aliphatic rings. The van der Waals surface area contributed by atoms with E-state index >= 15 is 0 Å². The number of benzene rings is 1. The zero-order valence-electron chi connectivity index (χ0n) is 15.1. The van der Waals surface area contributed by atoms with Crippen LogP contribution >= 0.6 is 11.6 Å². The summed E-state index contributed by atoms with van der Waals surface area (Å²) in [5.74, 6) is 0.659. The lowest BCUT2D eigenvalue weighted by atomic mass is 9.92. The lowest BCUT2D eigenvalue weighted by molar-refractivity contribution is -0.138. The van der Waals surface area contributed by atoms with Crippen LogP contribution in [0.1, 0.15) is 29.7 Å². The molecule has 28 heavy (non-hydrogen) atoms. The summed E-state index contributed by atoms with van der Waals surface area (Å²) in [5, 5.41) is 0.368. The van der Waals surface area contributed by atoms with Crippen molar-refractivity contribution in [3.8, 4) is 5.75 Å². The number of rotatable bonds is 4. The monoisotopic (exact) mass is 413 g/mol. The number of pyridine rings is 1. The predicted octanol–water partition coefficient (Wildman–Crippen LogP) is 4.91. The van der Waals surface area contributed by atoms with Gasteiger partial charge in [-0.25, -0.2) is 0 Å². The predicted molar refractivity (Wildman–Crippen MR) is 101 cm³/mol. The number of aromatic amines is 1. The molecule has 0 atom stereocenters. The van der Waals surface area contributed by atoms with Crippen LogP contribution in [0.4, 0.5) is 13.2 Å². The molecule has 0 radical (unpaired) electrons. The van der Waals surface area contributed by atoms with Crippen molar-refractivity contribution in [2.24, 2.45) is 5.92 Å². The first kappa shape index (κ1) is 20.5. The zero-order valence-corrected chi connectivity index (χ0v) is 15.9. The van der Waals surface area contributed by atoms with E-state index in [0.29, 0.717) is 40.8 Å². The van der Waals surface area contributed by atoms with Crippen LogP contribution in [0.2, 0.25) is 5.02 Å². The Kier molecular flexibility index (Phi) is 6.15. The third-order valence-electron chi connectivity index (χ3n) is 4.64. The molecular weight excluding hydrogens is 395 g/mol. The molecule has 4 nitrogen and oxygen atoms in total. The van der Waals surface area contributed by atoms with Gasteiger partial charge in [0.25, 0.3) is 5.56 Å². The van der Waals surface area contributed by atoms with Crippen molar-refractivity contribution in [2.75, 3.05) is 20.3 Å². The highest BCUT2D eigenvalue weighted by Gasteiger charge is 2.34. The Labute approximate surface area is 164 Å². The maximum Gasteiger partial charge on any atom is 0.421 e. The minimum atomic E-state index is -4.71. The molecular formula is C20H19ClF3NO3. The summed E-state index contributed by atoms with van der Waals surface area (Å²) < 4.78 is 49.3. The molecule has 1 N–H and O–H groups in total. The van der Waals surface area contributed by atoms with E-state index in [-0.39, 0.29) is 5.92 Å². The van der Waals surface area contributed by atoms with Crippen LogP contribution in [0.25, 0.3) is 5.57 Å². The largest absolute Gasteiger partial charge is 0.495 e. The number of halogens is 4. The standard InChI is InChI=1S/C20H19ClF3NO3/c1-27-18-5-2-13(11-16(18)21)14(10-12-6-8-28-9-7-12)17-4-3-15(19(26)25-17)20(22,23)24/h2-5,10-12H,6-9H2,1H3,(H,25,26)/b14-10+. The van der Waals surface area contributed by atoms with Crippen molar-refractivity contribution in [3.63, 3.8) is 0 Å². The maximum absolute atomic E-state index is 12.9. The lowest BCUT2D eigenvalue weighted by Crippen LogP contribution is -2.22. The highest BCUT2D eigenvalue weighted by atomic mass is 35.5. The van der Waals surface area contributed by atoms with Crippen molar-refractivity contribution in [3.05, 3.63) is 68.6 Å². The highest BCUT2D eigenvalue weighted by Crippen LogP contribution is 2.33. The molecule has 1 fully saturated rings. The number of nitrogens with one attached hydrogen (secondary N) is 1. The van der Waals surface area contributed by atoms with Gasteiger partial charge in [0.05, 0.1) is 12.1 Å². The normalized spacial score (nSPS) is 16.2. The average molecular weight is 414 g/mol.